The molecule has 3 aromatic rings. The summed E-state index contributed by atoms with van der Waals surface area (Å²) in [5, 5.41) is 13.9. The molecule has 6 heteroatoms. The number of aliphatic hydroxyl groups excluding tert-OH is 1. The Morgan fingerprint density at radius 2 is 1.93 bits per heavy atom. The maximum atomic E-state index is 10.5. The van der Waals surface area contributed by atoms with Crippen molar-refractivity contribution < 1.29 is 14.6 Å². The highest BCUT2D eigenvalue weighted by Crippen LogP contribution is 2.24. The lowest BCUT2D eigenvalue weighted by Crippen LogP contribution is -2.35. The van der Waals surface area contributed by atoms with E-state index < -0.39 is 6.10 Å². The van der Waals surface area contributed by atoms with Crippen molar-refractivity contribution in [3.8, 4) is 11.5 Å². The van der Waals surface area contributed by atoms with Crippen LogP contribution in [0, 0.1) is 0 Å². The Morgan fingerprint density at radius 3 is 2.60 bits per heavy atom. The SMILES string of the molecule is CCCc1ccc(OCC(O)CNC(c2cccc(OC)c2)c2nccn2C)cc1. The first-order chi connectivity index (χ1) is 14.6. The fourth-order valence-electron chi connectivity index (χ4n) is 3.38. The van der Waals surface area contributed by atoms with Gasteiger partial charge in [-0.1, -0.05) is 37.6 Å². The van der Waals surface area contributed by atoms with E-state index in [1.165, 1.54) is 5.56 Å². The lowest BCUT2D eigenvalue weighted by atomic mass is 10.1. The fraction of sp³-hybridized carbons (Fsp3) is 0.375. The quantitative estimate of drug-likeness (QED) is 0.507. The van der Waals surface area contributed by atoms with Gasteiger partial charge in [0, 0.05) is 26.0 Å². The fourth-order valence-corrected chi connectivity index (χ4v) is 3.38. The monoisotopic (exact) mass is 409 g/mol. The molecule has 0 radical (unpaired) electrons. The van der Waals surface area contributed by atoms with Gasteiger partial charge in [-0.3, -0.25) is 0 Å². The molecule has 0 fully saturated rings. The van der Waals surface area contributed by atoms with Crippen LogP contribution in [0.1, 0.15) is 36.3 Å². The number of nitrogens with one attached hydrogen (secondary N) is 1. The summed E-state index contributed by atoms with van der Waals surface area (Å²) < 4.78 is 13.1. The molecule has 0 spiro atoms. The number of hydrogen-bond acceptors (Lipinski definition) is 5. The van der Waals surface area contributed by atoms with Gasteiger partial charge in [0.1, 0.15) is 30.0 Å². The van der Waals surface area contributed by atoms with Gasteiger partial charge in [-0.25, -0.2) is 4.98 Å². The van der Waals surface area contributed by atoms with Gasteiger partial charge in [-0.15, -0.1) is 0 Å². The molecule has 2 unspecified atom stereocenters. The molecule has 0 saturated carbocycles. The Bertz CT molecular complexity index is 908. The van der Waals surface area contributed by atoms with E-state index in [4.69, 9.17) is 9.47 Å². The van der Waals surface area contributed by atoms with Gasteiger partial charge >= 0.3 is 0 Å². The second-order valence-electron chi connectivity index (χ2n) is 7.37. The van der Waals surface area contributed by atoms with Crippen molar-refractivity contribution in [2.75, 3.05) is 20.3 Å². The van der Waals surface area contributed by atoms with Crippen LogP contribution >= 0.6 is 0 Å². The molecule has 2 N–H and O–H groups in total. The molecule has 160 valence electrons. The van der Waals surface area contributed by atoms with Crippen LogP contribution in [0.25, 0.3) is 0 Å². The van der Waals surface area contributed by atoms with E-state index in [0.717, 1.165) is 35.7 Å². The zero-order valence-corrected chi connectivity index (χ0v) is 17.9. The molecule has 2 aromatic carbocycles. The highest BCUT2D eigenvalue weighted by Gasteiger charge is 2.20. The van der Waals surface area contributed by atoms with Crippen molar-refractivity contribution in [1.29, 1.82) is 0 Å². The average Bonchev–Trinajstić information content (AvgIpc) is 3.19. The lowest BCUT2D eigenvalue weighted by molar-refractivity contribution is 0.104. The first-order valence-corrected chi connectivity index (χ1v) is 10.3. The number of imidazole rings is 1. The Morgan fingerprint density at radius 1 is 1.13 bits per heavy atom. The normalized spacial score (nSPS) is 13.1. The molecule has 0 saturated heterocycles. The summed E-state index contributed by atoms with van der Waals surface area (Å²) in [5.74, 6) is 2.41. The molecule has 30 heavy (non-hydrogen) atoms. The number of aryl methyl sites for hydroxylation is 2. The molecule has 0 amide bonds. The molecule has 3 rings (SSSR count). The van der Waals surface area contributed by atoms with Crippen LogP contribution in [0.4, 0.5) is 0 Å². The van der Waals surface area contributed by atoms with E-state index in [2.05, 4.69) is 29.4 Å². The van der Waals surface area contributed by atoms with Crippen molar-refractivity contribution in [3.05, 3.63) is 77.9 Å². The Hall–Kier alpha value is -2.83. The van der Waals surface area contributed by atoms with Gasteiger partial charge in [0.15, 0.2) is 0 Å². The van der Waals surface area contributed by atoms with Gasteiger partial charge in [-0.05, 0) is 41.8 Å². The summed E-state index contributed by atoms with van der Waals surface area (Å²) in [6, 6.07) is 15.7. The third-order valence-corrected chi connectivity index (χ3v) is 5.01. The molecule has 0 aliphatic rings. The predicted molar refractivity (Wildman–Crippen MR) is 118 cm³/mol. The number of nitrogens with zero attached hydrogens (tertiary/aromatic N) is 2. The van der Waals surface area contributed by atoms with Gasteiger partial charge in [0.2, 0.25) is 0 Å². The van der Waals surface area contributed by atoms with E-state index in [-0.39, 0.29) is 12.6 Å². The predicted octanol–water partition coefficient (Wildman–Crippen LogP) is 3.50. The Balaban J connectivity index is 1.61. The second kappa shape index (κ2) is 10.8. The van der Waals surface area contributed by atoms with Crippen LogP contribution < -0.4 is 14.8 Å². The van der Waals surface area contributed by atoms with Crippen LogP contribution in [0.2, 0.25) is 0 Å². The summed E-state index contributed by atoms with van der Waals surface area (Å²) in [7, 11) is 3.61. The third kappa shape index (κ3) is 5.84. The zero-order chi connectivity index (χ0) is 21.3. The van der Waals surface area contributed by atoms with Crippen LogP contribution in [-0.4, -0.2) is 41.0 Å². The summed E-state index contributed by atoms with van der Waals surface area (Å²) >= 11 is 0. The minimum atomic E-state index is -0.659. The maximum Gasteiger partial charge on any atom is 0.130 e. The van der Waals surface area contributed by atoms with Crippen LogP contribution in [-0.2, 0) is 13.5 Å². The number of hydrogen-bond donors (Lipinski definition) is 2. The number of methoxy groups -OCH3 is 1. The molecule has 1 heterocycles. The third-order valence-electron chi connectivity index (χ3n) is 5.01. The topological polar surface area (TPSA) is 68.5 Å². The van der Waals surface area contributed by atoms with E-state index in [0.29, 0.717) is 6.54 Å². The Kier molecular flexibility index (Phi) is 7.88. The van der Waals surface area contributed by atoms with Gasteiger partial charge in [-0.2, -0.15) is 0 Å². The van der Waals surface area contributed by atoms with Gasteiger partial charge < -0.3 is 24.5 Å². The summed E-state index contributed by atoms with van der Waals surface area (Å²) in [6.45, 7) is 2.74. The number of rotatable bonds is 11. The smallest absolute Gasteiger partial charge is 0.130 e. The molecular formula is C24H31N3O3. The van der Waals surface area contributed by atoms with Crippen molar-refractivity contribution in [3.63, 3.8) is 0 Å². The van der Waals surface area contributed by atoms with Crippen LogP contribution in [0.15, 0.2) is 60.9 Å². The summed E-state index contributed by atoms with van der Waals surface area (Å²) in [6.07, 6.45) is 5.20. The first kappa shape index (κ1) is 21.9. The molecule has 0 aliphatic heterocycles. The van der Waals surface area contributed by atoms with E-state index >= 15 is 0 Å². The van der Waals surface area contributed by atoms with E-state index in [9.17, 15) is 5.11 Å². The average molecular weight is 410 g/mol. The minimum absolute atomic E-state index is 0.178. The number of aliphatic hydroxyl groups is 1. The standard InChI is InChI=1S/C24H31N3O3/c1-4-6-18-9-11-21(12-10-18)30-17-20(28)16-26-23(24-25-13-14-27(24)2)19-7-5-8-22(15-19)29-3/h5,7-15,20,23,26,28H,4,6,16-17H2,1-3H3. The van der Waals surface area contributed by atoms with Gasteiger partial charge in [0.25, 0.3) is 0 Å². The lowest BCUT2D eigenvalue weighted by Gasteiger charge is -2.22. The number of ether oxygens (including phenoxy) is 2. The molecular weight excluding hydrogens is 378 g/mol. The highest BCUT2D eigenvalue weighted by atomic mass is 16.5. The maximum absolute atomic E-state index is 10.5. The first-order valence-electron chi connectivity index (χ1n) is 10.3. The van der Waals surface area contributed by atoms with Crippen LogP contribution in [0.3, 0.4) is 0 Å². The van der Waals surface area contributed by atoms with E-state index in [1.54, 1.807) is 13.3 Å². The molecule has 0 aliphatic carbocycles. The molecule has 0 bridgehead atoms. The highest BCUT2D eigenvalue weighted by molar-refractivity contribution is 5.33. The Labute approximate surface area is 178 Å². The van der Waals surface area contributed by atoms with Crippen molar-refractivity contribution in [2.45, 2.75) is 31.9 Å². The van der Waals surface area contributed by atoms with Crippen molar-refractivity contribution >= 4 is 0 Å². The molecule has 2 atom stereocenters. The van der Waals surface area contributed by atoms with E-state index in [1.807, 2.05) is 54.2 Å². The number of aromatic nitrogens is 2. The summed E-state index contributed by atoms with van der Waals surface area (Å²) in [4.78, 5) is 4.49. The minimum Gasteiger partial charge on any atom is -0.497 e. The summed E-state index contributed by atoms with van der Waals surface area (Å²) in [5.41, 5.74) is 2.31. The van der Waals surface area contributed by atoms with Crippen molar-refractivity contribution in [2.24, 2.45) is 7.05 Å². The van der Waals surface area contributed by atoms with Gasteiger partial charge in [0.05, 0.1) is 13.2 Å². The largest absolute Gasteiger partial charge is 0.497 e. The van der Waals surface area contributed by atoms with Crippen molar-refractivity contribution in [1.82, 2.24) is 14.9 Å². The molecule has 6 nitrogen and oxygen atoms in total. The zero-order valence-electron chi connectivity index (χ0n) is 17.9. The second-order valence-corrected chi connectivity index (χ2v) is 7.37. The number of benzene rings is 2. The van der Waals surface area contributed by atoms with Crippen LogP contribution in [0.5, 0.6) is 11.5 Å². The molecule has 1 aromatic heterocycles.